The summed E-state index contributed by atoms with van der Waals surface area (Å²) in [5.41, 5.74) is 7.37. The molecule has 4 nitrogen and oxygen atoms in total. The van der Waals surface area contributed by atoms with Gasteiger partial charge in [-0.1, -0.05) is 6.92 Å². The van der Waals surface area contributed by atoms with Crippen LogP contribution in [0, 0.1) is 0 Å². The largest absolute Gasteiger partial charge is 0.379 e. The lowest BCUT2D eigenvalue weighted by Gasteiger charge is -2.16. The van der Waals surface area contributed by atoms with Gasteiger partial charge in [-0.05, 0) is 31.5 Å². The van der Waals surface area contributed by atoms with Crippen LogP contribution in [0.2, 0.25) is 0 Å². The zero-order valence-electron chi connectivity index (χ0n) is 10.4. The average Bonchev–Trinajstić information content (AvgIpc) is 2.54. The maximum absolute atomic E-state index is 11.6. The fourth-order valence-corrected chi connectivity index (χ4v) is 3.62. The quantitative estimate of drug-likeness (QED) is 0.861. The fraction of sp³-hybridized carbons (Fsp3) is 0.583. The SMILES string of the molecule is CCN1CCCc2c(sc(NC)c2C(N)=O)C1. The highest BCUT2D eigenvalue weighted by atomic mass is 32.1. The molecular formula is C12H19N3OS. The summed E-state index contributed by atoms with van der Waals surface area (Å²) in [5, 5.41) is 4.00. The van der Waals surface area contributed by atoms with E-state index in [1.165, 1.54) is 10.4 Å². The maximum Gasteiger partial charge on any atom is 0.251 e. The van der Waals surface area contributed by atoms with Gasteiger partial charge in [-0.25, -0.2) is 0 Å². The number of hydrogen-bond donors (Lipinski definition) is 2. The molecule has 17 heavy (non-hydrogen) atoms. The minimum atomic E-state index is -0.309. The smallest absolute Gasteiger partial charge is 0.251 e. The first-order valence-corrected chi connectivity index (χ1v) is 6.83. The number of anilines is 1. The number of nitrogens with two attached hydrogens (primary N) is 1. The van der Waals surface area contributed by atoms with Gasteiger partial charge >= 0.3 is 0 Å². The van der Waals surface area contributed by atoms with Crippen LogP contribution in [0.25, 0.3) is 0 Å². The minimum absolute atomic E-state index is 0.309. The van der Waals surface area contributed by atoms with Gasteiger partial charge in [0.05, 0.1) is 5.56 Å². The molecule has 5 heteroatoms. The second kappa shape index (κ2) is 5.06. The highest BCUT2D eigenvalue weighted by Gasteiger charge is 2.24. The first kappa shape index (κ1) is 12.4. The summed E-state index contributed by atoms with van der Waals surface area (Å²) in [6.45, 7) is 5.27. The lowest BCUT2D eigenvalue weighted by molar-refractivity contribution is 0.100. The molecule has 0 spiro atoms. The molecule has 94 valence electrons. The van der Waals surface area contributed by atoms with Gasteiger partial charge in [-0.2, -0.15) is 0 Å². The molecule has 1 amide bonds. The predicted octanol–water partition coefficient (Wildman–Crippen LogP) is 1.66. The van der Waals surface area contributed by atoms with Gasteiger partial charge < -0.3 is 11.1 Å². The molecule has 1 aliphatic rings. The predicted molar refractivity (Wildman–Crippen MR) is 71.7 cm³/mol. The molecule has 1 aliphatic heterocycles. The van der Waals surface area contributed by atoms with E-state index in [9.17, 15) is 4.79 Å². The van der Waals surface area contributed by atoms with Crippen molar-refractivity contribution < 1.29 is 4.79 Å². The Morgan fingerprint density at radius 3 is 2.94 bits per heavy atom. The fourth-order valence-electron chi connectivity index (χ4n) is 2.37. The molecule has 0 unspecified atom stereocenters. The van der Waals surface area contributed by atoms with Gasteiger partial charge in [-0.15, -0.1) is 11.3 Å². The van der Waals surface area contributed by atoms with Crippen LogP contribution in [0.1, 0.15) is 34.1 Å². The molecule has 2 heterocycles. The molecule has 0 atom stereocenters. The van der Waals surface area contributed by atoms with Crippen molar-refractivity contribution in [3.8, 4) is 0 Å². The maximum atomic E-state index is 11.6. The Morgan fingerprint density at radius 1 is 1.59 bits per heavy atom. The number of carbonyl (C=O) groups excluding carboxylic acids is 1. The molecule has 3 N–H and O–H groups in total. The topological polar surface area (TPSA) is 58.4 Å². The molecule has 1 aromatic heterocycles. The first-order valence-electron chi connectivity index (χ1n) is 6.01. The number of nitrogens with zero attached hydrogens (tertiary/aromatic N) is 1. The molecule has 2 rings (SSSR count). The van der Waals surface area contributed by atoms with E-state index in [0.29, 0.717) is 5.56 Å². The van der Waals surface area contributed by atoms with Crippen molar-refractivity contribution in [2.45, 2.75) is 26.3 Å². The Labute approximate surface area is 106 Å². The summed E-state index contributed by atoms with van der Waals surface area (Å²) < 4.78 is 0. The second-order valence-corrected chi connectivity index (χ2v) is 5.40. The molecule has 1 aromatic rings. The molecule has 0 radical (unpaired) electrons. The van der Waals surface area contributed by atoms with Gasteiger partial charge in [-0.3, -0.25) is 9.69 Å². The zero-order chi connectivity index (χ0) is 12.4. The summed E-state index contributed by atoms with van der Waals surface area (Å²) in [6.07, 6.45) is 2.06. The van der Waals surface area contributed by atoms with Gasteiger partial charge in [0.1, 0.15) is 5.00 Å². The van der Waals surface area contributed by atoms with Crippen LogP contribution in [0.3, 0.4) is 0 Å². The number of thiophene rings is 1. The minimum Gasteiger partial charge on any atom is -0.379 e. The zero-order valence-corrected chi connectivity index (χ0v) is 11.2. The van der Waals surface area contributed by atoms with Crippen molar-refractivity contribution in [2.75, 3.05) is 25.5 Å². The van der Waals surface area contributed by atoms with Crippen molar-refractivity contribution in [3.05, 3.63) is 16.0 Å². The van der Waals surface area contributed by atoms with Crippen LogP contribution in [0.4, 0.5) is 5.00 Å². The van der Waals surface area contributed by atoms with Crippen molar-refractivity contribution >= 4 is 22.2 Å². The van der Waals surface area contributed by atoms with Crippen LogP contribution in [0.5, 0.6) is 0 Å². The number of primary amides is 1. The van der Waals surface area contributed by atoms with Crippen molar-refractivity contribution in [3.63, 3.8) is 0 Å². The highest BCUT2D eigenvalue weighted by molar-refractivity contribution is 7.16. The van der Waals surface area contributed by atoms with E-state index < -0.39 is 0 Å². The van der Waals surface area contributed by atoms with Crippen LogP contribution >= 0.6 is 11.3 Å². The number of nitrogens with one attached hydrogen (secondary N) is 1. The summed E-state index contributed by atoms with van der Waals surface area (Å²) in [7, 11) is 1.84. The lowest BCUT2D eigenvalue weighted by Crippen LogP contribution is -2.22. The Balaban J connectivity index is 2.42. The number of hydrogen-bond acceptors (Lipinski definition) is 4. The monoisotopic (exact) mass is 253 g/mol. The van der Waals surface area contributed by atoms with E-state index in [1.807, 2.05) is 7.05 Å². The highest BCUT2D eigenvalue weighted by Crippen LogP contribution is 2.36. The van der Waals surface area contributed by atoms with E-state index >= 15 is 0 Å². The molecule has 0 saturated carbocycles. The van der Waals surface area contributed by atoms with E-state index in [2.05, 4.69) is 17.1 Å². The van der Waals surface area contributed by atoms with Crippen LogP contribution in [0.15, 0.2) is 0 Å². The molecule has 0 aromatic carbocycles. The third kappa shape index (κ3) is 2.30. The lowest BCUT2D eigenvalue weighted by atomic mass is 10.1. The van der Waals surface area contributed by atoms with E-state index in [-0.39, 0.29) is 5.91 Å². The number of amides is 1. The summed E-state index contributed by atoms with van der Waals surface area (Å²) >= 11 is 1.67. The Hall–Kier alpha value is -1.07. The van der Waals surface area contributed by atoms with Gasteiger partial charge in [0.15, 0.2) is 0 Å². The molecule has 0 aliphatic carbocycles. The van der Waals surface area contributed by atoms with Crippen LogP contribution in [-0.2, 0) is 13.0 Å². The standard InChI is InChI=1S/C12H19N3OS/c1-3-15-6-4-5-8-9(7-15)17-12(14-2)10(8)11(13)16/h14H,3-7H2,1-2H3,(H2,13,16). The normalized spacial score (nSPS) is 16.4. The number of fused-ring (bicyclic) bond motifs is 1. The third-order valence-corrected chi connectivity index (χ3v) is 4.51. The summed E-state index contributed by atoms with van der Waals surface area (Å²) in [4.78, 5) is 15.3. The summed E-state index contributed by atoms with van der Waals surface area (Å²) in [6, 6.07) is 0. The number of carbonyl (C=O) groups is 1. The molecule has 0 saturated heterocycles. The Morgan fingerprint density at radius 2 is 2.35 bits per heavy atom. The van der Waals surface area contributed by atoms with E-state index in [0.717, 1.165) is 37.5 Å². The molecular weight excluding hydrogens is 234 g/mol. The van der Waals surface area contributed by atoms with Gasteiger partial charge in [0, 0.05) is 18.5 Å². The Bertz CT molecular complexity index is 428. The summed E-state index contributed by atoms with van der Waals surface area (Å²) in [5.74, 6) is -0.309. The van der Waals surface area contributed by atoms with E-state index in [1.54, 1.807) is 11.3 Å². The van der Waals surface area contributed by atoms with Crippen molar-refractivity contribution in [2.24, 2.45) is 5.73 Å². The van der Waals surface area contributed by atoms with Crippen molar-refractivity contribution in [1.82, 2.24) is 4.90 Å². The van der Waals surface area contributed by atoms with Gasteiger partial charge in [0.25, 0.3) is 5.91 Å². The van der Waals surface area contributed by atoms with Crippen LogP contribution < -0.4 is 11.1 Å². The third-order valence-electron chi connectivity index (χ3n) is 3.28. The van der Waals surface area contributed by atoms with Gasteiger partial charge in [0.2, 0.25) is 0 Å². The molecule has 0 fully saturated rings. The van der Waals surface area contributed by atoms with Crippen molar-refractivity contribution in [1.29, 1.82) is 0 Å². The molecule has 0 bridgehead atoms. The van der Waals surface area contributed by atoms with E-state index in [4.69, 9.17) is 5.73 Å². The first-order chi connectivity index (χ1) is 8.17. The second-order valence-electron chi connectivity index (χ2n) is 4.29. The van der Waals surface area contributed by atoms with Crippen LogP contribution in [-0.4, -0.2) is 30.9 Å². The number of rotatable bonds is 3. The Kier molecular flexibility index (Phi) is 3.69. The average molecular weight is 253 g/mol.